The molecular weight excluding hydrogens is 411 g/mol. The van der Waals surface area contributed by atoms with Crippen LogP contribution in [0.2, 0.25) is 10.0 Å². The number of amides is 2. The molecule has 2 aromatic carbocycles. The van der Waals surface area contributed by atoms with E-state index in [0.717, 1.165) is 5.56 Å². The summed E-state index contributed by atoms with van der Waals surface area (Å²) in [6, 6.07) is 11.9. The van der Waals surface area contributed by atoms with E-state index >= 15 is 0 Å². The number of benzene rings is 2. The Kier molecular flexibility index (Phi) is 8.80. The summed E-state index contributed by atoms with van der Waals surface area (Å²) in [5.74, 6) is 0.338. The van der Waals surface area contributed by atoms with E-state index < -0.39 is 6.04 Å². The number of hydrogen-bond donors (Lipinski definition) is 1. The molecule has 0 radical (unpaired) electrons. The molecule has 0 aliphatic carbocycles. The molecule has 0 aliphatic heterocycles. The first kappa shape index (κ1) is 23.0. The van der Waals surface area contributed by atoms with Crippen LogP contribution in [0.1, 0.15) is 31.4 Å². The van der Waals surface area contributed by atoms with Crippen molar-refractivity contribution in [1.29, 1.82) is 0 Å². The summed E-state index contributed by atoms with van der Waals surface area (Å²) in [6.07, 6.45) is 0.575. The Labute approximate surface area is 181 Å². The normalized spacial score (nSPS) is 11.6. The smallest absolute Gasteiger partial charge is 0.242 e. The highest BCUT2D eigenvalue weighted by Crippen LogP contribution is 2.23. The van der Waals surface area contributed by atoms with Crippen LogP contribution in [0, 0.1) is 0 Å². The predicted octanol–water partition coefficient (Wildman–Crippen LogP) is 4.49. The monoisotopic (exact) mass is 436 g/mol. The average Bonchev–Trinajstić information content (AvgIpc) is 2.70. The van der Waals surface area contributed by atoms with Gasteiger partial charge in [0.05, 0.1) is 13.5 Å². The molecule has 0 unspecified atom stereocenters. The van der Waals surface area contributed by atoms with Crippen LogP contribution in [0.4, 0.5) is 0 Å². The number of rotatable bonds is 9. The maximum Gasteiger partial charge on any atom is 0.242 e. The van der Waals surface area contributed by atoms with E-state index in [0.29, 0.717) is 34.3 Å². The molecule has 0 saturated carbocycles. The third kappa shape index (κ3) is 6.38. The minimum absolute atomic E-state index is 0.0792. The van der Waals surface area contributed by atoms with Gasteiger partial charge in [-0.3, -0.25) is 9.59 Å². The lowest BCUT2D eigenvalue weighted by Gasteiger charge is -2.31. The molecule has 156 valence electrons. The van der Waals surface area contributed by atoms with Gasteiger partial charge in [0, 0.05) is 23.1 Å². The number of carbonyl (C=O) groups excluding carboxylic acids is 2. The number of halogens is 2. The maximum atomic E-state index is 13.2. The SMILES string of the molecule is CCNC(=O)[C@@H](CC)N(Cc1cccc(OC)c1)C(=O)Cc1ccc(Cl)cc1Cl. The summed E-state index contributed by atoms with van der Waals surface area (Å²) in [6.45, 7) is 4.53. The van der Waals surface area contributed by atoms with E-state index in [2.05, 4.69) is 5.32 Å². The number of nitrogens with one attached hydrogen (secondary N) is 1. The van der Waals surface area contributed by atoms with Crippen molar-refractivity contribution < 1.29 is 14.3 Å². The van der Waals surface area contributed by atoms with Crippen molar-refractivity contribution in [2.75, 3.05) is 13.7 Å². The highest BCUT2D eigenvalue weighted by Gasteiger charge is 2.28. The molecule has 0 fully saturated rings. The van der Waals surface area contributed by atoms with Gasteiger partial charge in [0.1, 0.15) is 11.8 Å². The summed E-state index contributed by atoms with van der Waals surface area (Å²) in [5.41, 5.74) is 1.55. The number of hydrogen-bond acceptors (Lipinski definition) is 3. The lowest BCUT2D eigenvalue weighted by molar-refractivity contribution is -0.140. The van der Waals surface area contributed by atoms with Gasteiger partial charge in [-0.15, -0.1) is 0 Å². The molecule has 7 heteroatoms. The topological polar surface area (TPSA) is 58.6 Å². The second-order valence-electron chi connectivity index (χ2n) is 6.60. The van der Waals surface area contributed by atoms with E-state index in [-0.39, 0.29) is 24.8 Å². The van der Waals surface area contributed by atoms with E-state index in [1.807, 2.05) is 38.1 Å². The molecule has 2 rings (SSSR count). The van der Waals surface area contributed by atoms with Crippen LogP contribution >= 0.6 is 23.2 Å². The molecule has 2 aromatic rings. The van der Waals surface area contributed by atoms with Gasteiger partial charge in [-0.1, -0.05) is 48.3 Å². The van der Waals surface area contributed by atoms with Crippen LogP contribution in [0.25, 0.3) is 0 Å². The summed E-state index contributed by atoms with van der Waals surface area (Å²) in [7, 11) is 1.59. The highest BCUT2D eigenvalue weighted by atomic mass is 35.5. The lowest BCUT2D eigenvalue weighted by atomic mass is 10.1. The zero-order valence-corrected chi connectivity index (χ0v) is 18.4. The molecule has 0 aromatic heterocycles. The number of ether oxygens (including phenoxy) is 1. The van der Waals surface area contributed by atoms with Crippen LogP contribution in [-0.2, 0) is 22.6 Å². The van der Waals surface area contributed by atoms with E-state index in [1.54, 1.807) is 30.2 Å². The third-order valence-corrected chi connectivity index (χ3v) is 5.17. The number of nitrogens with zero attached hydrogens (tertiary/aromatic N) is 1. The van der Waals surface area contributed by atoms with Gasteiger partial charge in [0.2, 0.25) is 11.8 Å². The molecule has 2 amide bonds. The van der Waals surface area contributed by atoms with Crippen molar-refractivity contribution in [1.82, 2.24) is 10.2 Å². The molecule has 0 aliphatic rings. The minimum Gasteiger partial charge on any atom is -0.497 e. The minimum atomic E-state index is -0.584. The first-order valence-corrected chi connectivity index (χ1v) is 10.3. The van der Waals surface area contributed by atoms with Gasteiger partial charge in [0.15, 0.2) is 0 Å². The van der Waals surface area contributed by atoms with Gasteiger partial charge >= 0.3 is 0 Å². The standard InChI is InChI=1S/C22H26Cl2N2O3/c1-4-20(22(28)25-5-2)26(14-15-7-6-8-18(11-15)29-3)21(27)12-16-9-10-17(23)13-19(16)24/h6-11,13,20H,4-5,12,14H2,1-3H3,(H,25,28)/t20-/m1/s1. The van der Waals surface area contributed by atoms with Gasteiger partial charge in [-0.25, -0.2) is 0 Å². The Hall–Kier alpha value is -2.24. The first-order valence-electron chi connectivity index (χ1n) is 9.53. The van der Waals surface area contributed by atoms with Gasteiger partial charge in [-0.2, -0.15) is 0 Å². The Morgan fingerprint density at radius 1 is 1.14 bits per heavy atom. The van der Waals surface area contributed by atoms with Crippen molar-refractivity contribution >= 4 is 35.0 Å². The van der Waals surface area contributed by atoms with Crippen LogP contribution in [0.3, 0.4) is 0 Å². The van der Waals surface area contributed by atoms with Crippen LogP contribution < -0.4 is 10.1 Å². The molecule has 1 N–H and O–H groups in total. The fourth-order valence-corrected chi connectivity index (χ4v) is 3.58. The molecule has 5 nitrogen and oxygen atoms in total. The van der Waals surface area contributed by atoms with Crippen LogP contribution in [0.15, 0.2) is 42.5 Å². The van der Waals surface area contributed by atoms with E-state index in [4.69, 9.17) is 27.9 Å². The highest BCUT2D eigenvalue weighted by molar-refractivity contribution is 6.35. The first-order chi connectivity index (χ1) is 13.9. The molecule has 29 heavy (non-hydrogen) atoms. The van der Waals surface area contributed by atoms with Crippen molar-refractivity contribution in [2.45, 2.75) is 39.3 Å². The Bertz CT molecular complexity index is 858. The molecule has 0 heterocycles. The molecular formula is C22H26Cl2N2O3. The quantitative estimate of drug-likeness (QED) is 0.629. The fraction of sp³-hybridized carbons (Fsp3) is 0.364. The van der Waals surface area contributed by atoms with Gasteiger partial charge < -0.3 is 15.0 Å². The second-order valence-corrected chi connectivity index (χ2v) is 7.45. The van der Waals surface area contributed by atoms with Crippen molar-refractivity contribution in [3.05, 3.63) is 63.6 Å². The maximum absolute atomic E-state index is 13.2. The molecule has 0 bridgehead atoms. The summed E-state index contributed by atoms with van der Waals surface area (Å²) >= 11 is 12.2. The summed E-state index contributed by atoms with van der Waals surface area (Å²) in [5, 5.41) is 3.76. The van der Waals surface area contributed by atoms with E-state index in [1.165, 1.54) is 0 Å². The largest absolute Gasteiger partial charge is 0.497 e. The van der Waals surface area contributed by atoms with Crippen LogP contribution in [-0.4, -0.2) is 36.4 Å². The van der Waals surface area contributed by atoms with E-state index in [9.17, 15) is 9.59 Å². The summed E-state index contributed by atoms with van der Waals surface area (Å²) in [4.78, 5) is 27.5. The van der Waals surface area contributed by atoms with Crippen molar-refractivity contribution in [2.24, 2.45) is 0 Å². The van der Waals surface area contributed by atoms with Crippen molar-refractivity contribution in [3.8, 4) is 5.75 Å². The zero-order chi connectivity index (χ0) is 21.4. The average molecular weight is 437 g/mol. The Balaban J connectivity index is 2.33. The molecule has 0 spiro atoms. The van der Waals surface area contributed by atoms with Crippen LogP contribution in [0.5, 0.6) is 5.75 Å². The Morgan fingerprint density at radius 2 is 1.90 bits per heavy atom. The number of carbonyl (C=O) groups is 2. The van der Waals surface area contributed by atoms with Crippen molar-refractivity contribution in [3.63, 3.8) is 0 Å². The third-order valence-electron chi connectivity index (χ3n) is 4.58. The van der Waals surface area contributed by atoms with Gasteiger partial charge in [-0.05, 0) is 48.7 Å². The number of likely N-dealkylation sites (N-methyl/N-ethyl adjacent to an activating group) is 1. The fourth-order valence-electron chi connectivity index (χ4n) is 3.11. The lowest BCUT2D eigenvalue weighted by Crippen LogP contribution is -2.49. The van der Waals surface area contributed by atoms with Gasteiger partial charge in [0.25, 0.3) is 0 Å². The molecule has 1 atom stereocenters. The predicted molar refractivity (Wildman–Crippen MR) is 116 cm³/mol. The summed E-state index contributed by atoms with van der Waals surface area (Å²) < 4.78 is 5.28. The zero-order valence-electron chi connectivity index (χ0n) is 16.9. The number of methoxy groups -OCH3 is 1. The Morgan fingerprint density at radius 3 is 2.52 bits per heavy atom. The second kappa shape index (κ2) is 11.1. The molecule has 0 saturated heterocycles.